The van der Waals surface area contributed by atoms with E-state index in [1.165, 1.54) is 0 Å². The Morgan fingerprint density at radius 1 is 1.21 bits per heavy atom. The molecule has 0 radical (unpaired) electrons. The SMILES string of the molecule is Nc1nc2c(c(-c3c(Cl)cc(Cl)cc3OCCc3ccccn3)n1)CN(C(=O)NC1CCC1)C2. The second-order valence-corrected chi connectivity index (χ2v) is 9.31. The highest BCUT2D eigenvalue weighted by atomic mass is 35.5. The average molecular weight is 499 g/mol. The summed E-state index contributed by atoms with van der Waals surface area (Å²) in [7, 11) is 0. The van der Waals surface area contributed by atoms with Crippen LogP contribution in [0.4, 0.5) is 10.7 Å². The number of aromatic nitrogens is 3. The van der Waals surface area contributed by atoms with E-state index >= 15 is 0 Å². The van der Waals surface area contributed by atoms with Gasteiger partial charge in [0.1, 0.15) is 5.75 Å². The van der Waals surface area contributed by atoms with Gasteiger partial charge in [-0.3, -0.25) is 4.98 Å². The minimum absolute atomic E-state index is 0.110. The van der Waals surface area contributed by atoms with Crippen LogP contribution in [-0.4, -0.2) is 38.5 Å². The number of hydrogen-bond acceptors (Lipinski definition) is 6. The number of halogens is 2. The van der Waals surface area contributed by atoms with Gasteiger partial charge in [0.15, 0.2) is 0 Å². The first-order chi connectivity index (χ1) is 16.5. The first kappa shape index (κ1) is 22.7. The summed E-state index contributed by atoms with van der Waals surface area (Å²) in [6.45, 7) is 1.09. The van der Waals surface area contributed by atoms with Crippen molar-refractivity contribution in [3.63, 3.8) is 0 Å². The van der Waals surface area contributed by atoms with Gasteiger partial charge in [-0.1, -0.05) is 29.3 Å². The van der Waals surface area contributed by atoms with Crippen LogP contribution < -0.4 is 15.8 Å². The molecule has 1 aromatic carbocycles. The molecule has 3 N–H and O–H groups in total. The molecule has 8 nitrogen and oxygen atoms in total. The number of fused-ring (bicyclic) bond motifs is 1. The second kappa shape index (κ2) is 9.64. The normalized spacial score (nSPS) is 15.1. The third-order valence-corrected chi connectivity index (χ3v) is 6.63. The maximum Gasteiger partial charge on any atom is 0.318 e. The summed E-state index contributed by atoms with van der Waals surface area (Å²) in [4.78, 5) is 27.7. The van der Waals surface area contributed by atoms with Crippen molar-refractivity contribution in [1.82, 2.24) is 25.2 Å². The van der Waals surface area contributed by atoms with Gasteiger partial charge in [0.2, 0.25) is 5.95 Å². The highest BCUT2D eigenvalue weighted by molar-refractivity contribution is 6.37. The van der Waals surface area contributed by atoms with Crippen LogP contribution in [0.1, 0.15) is 36.2 Å². The van der Waals surface area contributed by atoms with Crippen LogP contribution in [-0.2, 0) is 19.5 Å². The molecule has 0 bridgehead atoms. The monoisotopic (exact) mass is 498 g/mol. The Bertz CT molecular complexity index is 1220. The number of carbonyl (C=O) groups is 1. The van der Waals surface area contributed by atoms with Crippen LogP contribution in [0.25, 0.3) is 11.3 Å². The van der Waals surface area contributed by atoms with Crippen LogP contribution >= 0.6 is 23.2 Å². The number of nitrogen functional groups attached to an aromatic ring is 1. The summed E-state index contributed by atoms with van der Waals surface area (Å²) in [5.41, 5.74) is 9.60. The molecule has 1 fully saturated rings. The van der Waals surface area contributed by atoms with Gasteiger partial charge in [-0.25, -0.2) is 14.8 Å². The molecule has 1 saturated carbocycles. The molecule has 1 aliphatic carbocycles. The fourth-order valence-corrected chi connectivity index (χ4v) is 4.71. The number of carbonyl (C=O) groups excluding carboxylic acids is 1. The zero-order valence-electron chi connectivity index (χ0n) is 18.4. The van der Waals surface area contributed by atoms with Gasteiger partial charge in [0, 0.05) is 34.9 Å². The number of ether oxygens (including phenoxy) is 1. The molecule has 34 heavy (non-hydrogen) atoms. The van der Waals surface area contributed by atoms with Crippen molar-refractivity contribution in [2.75, 3.05) is 12.3 Å². The molecule has 5 rings (SSSR count). The number of benzene rings is 1. The van der Waals surface area contributed by atoms with E-state index in [0.717, 1.165) is 30.5 Å². The lowest BCUT2D eigenvalue weighted by Gasteiger charge is -2.28. The van der Waals surface area contributed by atoms with Crippen molar-refractivity contribution in [2.24, 2.45) is 0 Å². The molecule has 176 valence electrons. The topological polar surface area (TPSA) is 106 Å². The Labute approximate surface area is 207 Å². The molecular formula is C24H24Cl2N6O2. The Kier molecular flexibility index (Phi) is 6.43. The molecule has 0 saturated heterocycles. The van der Waals surface area contributed by atoms with E-state index in [2.05, 4.69) is 20.3 Å². The Hall–Kier alpha value is -3.10. The largest absolute Gasteiger partial charge is 0.492 e. The quantitative estimate of drug-likeness (QED) is 0.513. The Morgan fingerprint density at radius 3 is 2.79 bits per heavy atom. The molecule has 0 unspecified atom stereocenters. The molecule has 3 aromatic rings. The number of nitrogens with two attached hydrogens (primary N) is 1. The van der Waals surface area contributed by atoms with Crippen molar-refractivity contribution in [2.45, 2.75) is 44.8 Å². The molecule has 2 aliphatic rings. The summed E-state index contributed by atoms with van der Waals surface area (Å²) in [5, 5.41) is 3.91. The first-order valence-corrected chi connectivity index (χ1v) is 12.0. The standard InChI is InChI=1S/C24H24Cl2N6O2/c25-14-10-18(26)21(20(11-14)34-9-7-15-4-1-2-8-28-15)22-17-12-32(13-19(17)30-23(27)31-22)24(33)29-16-5-3-6-16/h1-2,4,8,10-11,16H,3,5-7,9,12-13H2,(H,29,33)(H2,27,30,31). The minimum atomic E-state index is -0.110. The van der Waals surface area contributed by atoms with E-state index in [1.54, 1.807) is 23.2 Å². The minimum Gasteiger partial charge on any atom is -0.492 e. The van der Waals surface area contributed by atoms with Crippen molar-refractivity contribution in [3.8, 4) is 17.0 Å². The molecule has 10 heteroatoms. The van der Waals surface area contributed by atoms with E-state index in [1.807, 2.05) is 18.2 Å². The third-order valence-electron chi connectivity index (χ3n) is 6.12. The highest BCUT2D eigenvalue weighted by Crippen LogP contribution is 2.42. The fourth-order valence-electron chi connectivity index (χ4n) is 4.15. The molecule has 2 aromatic heterocycles. The van der Waals surface area contributed by atoms with Crippen molar-refractivity contribution in [1.29, 1.82) is 0 Å². The molecule has 2 amide bonds. The number of nitrogens with one attached hydrogen (secondary N) is 1. The van der Waals surface area contributed by atoms with Crippen LogP contribution in [0.5, 0.6) is 5.75 Å². The van der Waals surface area contributed by atoms with Crippen molar-refractivity contribution in [3.05, 3.63) is 63.5 Å². The maximum atomic E-state index is 12.8. The van der Waals surface area contributed by atoms with Crippen molar-refractivity contribution < 1.29 is 9.53 Å². The smallest absolute Gasteiger partial charge is 0.318 e. The van der Waals surface area contributed by atoms with Gasteiger partial charge in [0.05, 0.1) is 41.7 Å². The van der Waals surface area contributed by atoms with Gasteiger partial charge in [-0.2, -0.15) is 0 Å². The van der Waals surface area contributed by atoms with Crippen LogP contribution in [0.3, 0.4) is 0 Å². The number of anilines is 1. The van der Waals surface area contributed by atoms with Crippen LogP contribution in [0, 0.1) is 0 Å². The van der Waals surface area contributed by atoms with Gasteiger partial charge >= 0.3 is 6.03 Å². The third kappa shape index (κ3) is 4.74. The summed E-state index contributed by atoms with van der Waals surface area (Å²) in [5.74, 6) is 0.603. The molecular weight excluding hydrogens is 475 g/mol. The highest BCUT2D eigenvalue weighted by Gasteiger charge is 2.32. The van der Waals surface area contributed by atoms with Crippen molar-refractivity contribution >= 4 is 35.2 Å². The summed E-state index contributed by atoms with van der Waals surface area (Å²) in [6, 6.07) is 9.24. The predicted octanol–water partition coefficient (Wildman–Crippen LogP) is 4.63. The second-order valence-electron chi connectivity index (χ2n) is 8.47. The number of rotatable bonds is 6. The number of amides is 2. The molecule has 3 heterocycles. The van der Waals surface area contributed by atoms with E-state index in [0.29, 0.717) is 58.9 Å². The lowest BCUT2D eigenvalue weighted by molar-refractivity contribution is 0.186. The van der Waals surface area contributed by atoms with E-state index in [4.69, 9.17) is 33.7 Å². The maximum absolute atomic E-state index is 12.8. The summed E-state index contributed by atoms with van der Waals surface area (Å²) >= 11 is 12.9. The zero-order chi connectivity index (χ0) is 23.7. The van der Waals surface area contributed by atoms with E-state index < -0.39 is 0 Å². The van der Waals surface area contributed by atoms with Gasteiger partial charge in [-0.05, 0) is 43.5 Å². The van der Waals surface area contributed by atoms with Crippen LogP contribution in [0.2, 0.25) is 10.0 Å². The van der Waals surface area contributed by atoms with Crippen LogP contribution in [0.15, 0.2) is 36.5 Å². The number of urea groups is 1. The number of pyridine rings is 1. The predicted molar refractivity (Wildman–Crippen MR) is 131 cm³/mol. The summed E-state index contributed by atoms with van der Waals surface area (Å²) < 4.78 is 6.10. The molecule has 1 aliphatic heterocycles. The van der Waals surface area contributed by atoms with Gasteiger partial charge in [0.25, 0.3) is 0 Å². The first-order valence-electron chi connectivity index (χ1n) is 11.2. The lowest BCUT2D eigenvalue weighted by atomic mass is 9.93. The average Bonchev–Trinajstić information content (AvgIpc) is 3.20. The van der Waals surface area contributed by atoms with Gasteiger partial charge in [-0.15, -0.1) is 0 Å². The fraction of sp³-hybridized carbons (Fsp3) is 0.333. The number of hydrogen-bond donors (Lipinski definition) is 2. The summed E-state index contributed by atoms with van der Waals surface area (Å²) in [6.07, 6.45) is 5.55. The van der Waals surface area contributed by atoms with E-state index in [9.17, 15) is 4.79 Å². The lowest BCUT2D eigenvalue weighted by Crippen LogP contribution is -2.45. The Morgan fingerprint density at radius 2 is 2.06 bits per heavy atom. The van der Waals surface area contributed by atoms with E-state index in [-0.39, 0.29) is 18.0 Å². The number of nitrogens with zero attached hydrogens (tertiary/aromatic N) is 4. The van der Waals surface area contributed by atoms with Gasteiger partial charge < -0.3 is 20.7 Å². The molecule has 0 atom stereocenters. The zero-order valence-corrected chi connectivity index (χ0v) is 19.9. The Balaban J connectivity index is 1.43. The molecule has 0 spiro atoms.